The predicted molar refractivity (Wildman–Crippen MR) is 78.2 cm³/mol. The molecule has 0 radical (unpaired) electrons. The standard InChI is InChI=1S/C17H19NO/c1-2-19-17-12-16(13-8-4-3-5-9-13)18-15-11-7-6-10-14(15)17/h3-11,16-18H,2,12H2,1H3/t16?,17-/m0/s1. The second-order valence-electron chi connectivity index (χ2n) is 4.87. The van der Waals surface area contributed by atoms with E-state index in [1.54, 1.807) is 0 Å². The Morgan fingerprint density at radius 2 is 1.79 bits per heavy atom. The summed E-state index contributed by atoms with van der Waals surface area (Å²) in [5.74, 6) is 0. The van der Waals surface area contributed by atoms with Gasteiger partial charge in [-0.15, -0.1) is 0 Å². The van der Waals surface area contributed by atoms with E-state index in [1.807, 2.05) is 0 Å². The third kappa shape index (κ3) is 2.49. The molecule has 98 valence electrons. The highest BCUT2D eigenvalue weighted by Crippen LogP contribution is 2.40. The number of anilines is 1. The Kier molecular flexibility index (Phi) is 3.51. The maximum absolute atomic E-state index is 5.92. The minimum atomic E-state index is 0.188. The third-order valence-corrected chi connectivity index (χ3v) is 3.66. The Bertz CT molecular complexity index is 538. The van der Waals surface area contributed by atoms with E-state index in [0.29, 0.717) is 6.04 Å². The van der Waals surface area contributed by atoms with E-state index in [4.69, 9.17) is 4.74 Å². The second kappa shape index (κ2) is 5.45. The number of para-hydroxylation sites is 1. The van der Waals surface area contributed by atoms with Crippen LogP contribution in [0, 0.1) is 0 Å². The zero-order chi connectivity index (χ0) is 13.1. The molecule has 0 spiro atoms. The summed E-state index contributed by atoms with van der Waals surface area (Å²) in [5.41, 5.74) is 3.79. The number of hydrogen-bond donors (Lipinski definition) is 1. The predicted octanol–water partition coefficient (Wildman–Crippen LogP) is 4.32. The molecule has 1 heterocycles. The largest absolute Gasteiger partial charge is 0.378 e. The van der Waals surface area contributed by atoms with E-state index in [9.17, 15) is 0 Å². The fourth-order valence-corrected chi connectivity index (χ4v) is 2.76. The van der Waals surface area contributed by atoms with Gasteiger partial charge in [0.2, 0.25) is 0 Å². The lowest BCUT2D eigenvalue weighted by molar-refractivity contribution is 0.0499. The van der Waals surface area contributed by atoms with Crippen LogP contribution in [0.1, 0.15) is 36.6 Å². The maximum atomic E-state index is 5.92. The van der Waals surface area contributed by atoms with Crippen molar-refractivity contribution in [1.82, 2.24) is 0 Å². The lowest BCUT2D eigenvalue weighted by Crippen LogP contribution is -2.23. The number of rotatable bonds is 3. The number of ether oxygens (including phenoxy) is 1. The van der Waals surface area contributed by atoms with Crippen LogP contribution >= 0.6 is 0 Å². The van der Waals surface area contributed by atoms with Crippen molar-refractivity contribution >= 4 is 5.69 Å². The van der Waals surface area contributed by atoms with Crippen molar-refractivity contribution in [2.75, 3.05) is 11.9 Å². The highest BCUT2D eigenvalue weighted by Gasteiger charge is 2.27. The van der Waals surface area contributed by atoms with Crippen LogP contribution in [0.4, 0.5) is 5.69 Å². The average molecular weight is 253 g/mol. The van der Waals surface area contributed by atoms with Crippen molar-refractivity contribution in [1.29, 1.82) is 0 Å². The average Bonchev–Trinajstić information content (AvgIpc) is 2.48. The summed E-state index contributed by atoms with van der Waals surface area (Å²) in [6.07, 6.45) is 1.17. The first-order valence-corrected chi connectivity index (χ1v) is 6.90. The van der Waals surface area contributed by atoms with Crippen LogP contribution in [-0.2, 0) is 4.74 Å². The Balaban J connectivity index is 1.92. The van der Waals surface area contributed by atoms with Crippen molar-refractivity contribution in [3.63, 3.8) is 0 Å². The Morgan fingerprint density at radius 1 is 1.05 bits per heavy atom. The van der Waals surface area contributed by atoms with Gasteiger partial charge >= 0.3 is 0 Å². The van der Waals surface area contributed by atoms with Gasteiger partial charge in [0.25, 0.3) is 0 Å². The van der Waals surface area contributed by atoms with Crippen LogP contribution < -0.4 is 5.32 Å². The quantitative estimate of drug-likeness (QED) is 0.879. The molecule has 19 heavy (non-hydrogen) atoms. The summed E-state index contributed by atoms with van der Waals surface area (Å²) in [7, 11) is 0. The van der Waals surface area contributed by atoms with Crippen molar-refractivity contribution in [2.45, 2.75) is 25.5 Å². The summed E-state index contributed by atoms with van der Waals surface area (Å²) < 4.78 is 5.92. The number of hydrogen-bond acceptors (Lipinski definition) is 2. The smallest absolute Gasteiger partial charge is 0.0867 e. The van der Waals surface area contributed by atoms with Crippen molar-refractivity contribution in [2.24, 2.45) is 0 Å². The lowest BCUT2D eigenvalue weighted by Gasteiger charge is -2.33. The minimum Gasteiger partial charge on any atom is -0.378 e. The zero-order valence-electron chi connectivity index (χ0n) is 11.2. The molecule has 0 bridgehead atoms. The first kappa shape index (κ1) is 12.2. The summed E-state index contributed by atoms with van der Waals surface area (Å²) in [4.78, 5) is 0. The van der Waals surface area contributed by atoms with Gasteiger partial charge in [0, 0.05) is 24.3 Å². The highest BCUT2D eigenvalue weighted by molar-refractivity contribution is 5.56. The molecule has 1 N–H and O–H groups in total. The molecule has 1 unspecified atom stereocenters. The topological polar surface area (TPSA) is 21.3 Å². The highest BCUT2D eigenvalue weighted by atomic mass is 16.5. The summed E-state index contributed by atoms with van der Waals surface area (Å²) in [6, 6.07) is 19.4. The fraction of sp³-hybridized carbons (Fsp3) is 0.294. The van der Waals surface area contributed by atoms with E-state index < -0.39 is 0 Å². The van der Waals surface area contributed by atoms with Gasteiger partial charge in [-0.25, -0.2) is 0 Å². The van der Waals surface area contributed by atoms with Crippen LogP contribution in [0.2, 0.25) is 0 Å². The molecule has 0 saturated heterocycles. The number of benzene rings is 2. The van der Waals surface area contributed by atoms with Crippen LogP contribution in [0.3, 0.4) is 0 Å². The molecule has 2 aromatic rings. The van der Waals surface area contributed by atoms with Crippen LogP contribution in [0.15, 0.2) is 54.6 Å². The number of fused-ring (bicyclic) bond motifs is 1. The van der Waals surface area contributed by atoms with E-state index in [1.165, 1.54) is 16.8 Å². The molecular formula is C17H19NO. The summed E-state index contributed by atoms with van der Waals surface area (Å²) in [5, 5.41) is 3.62. The summed E-state index contributed by atoms with van der Waals surface area (Å²) >= 11 is 0. The Labute approximate surface area is 114 Å². The van der Waals surface area contributed by atoms with E-state index in [-0.39, 0.29) is 6.10 Å². The van der Waals surface area contributed by atoms with Crippen molar-refractivity contribution < 1.29 is 4.74 Å². The number of nitrogens with one attached hydrogen (secondary N) is 1. The van der Waals surface area contributed by atoms with E-state index in [0.717, 1.165) is 13.0 Å². The van der Waals surface area contributed by atoms with Gasteiger partial charge in [0.15, 0.2) is 0 Å². The molecule has 0 saturated carbocycles. The molecule has 1 aliphatic rings. The molecule has 0 fully saturated rings. The van der Waals surface area contributed by atoms with Gasteiger partial charge in [0.05, 0.1) is 12.1 Å². The van der Waals surface area contributed by atoms with Gasteiger partial charge in [-0.05, 0) is 18.6 Å². The molecule has 3 rings (SSSR count). The van der Waals surface area contributed by atoms with Gasteiger partial charge < -0.3 is 10.1 Å². The molecule has 1 aliphatic heterocycles. The summed E-state index contributed by atoms with van der Waals surface area (Å²) in [6.45, 7) is 2.81. The van der Waals surface area contributed by atoms with Crippen molar-refractivity contribution in [3.05, 3.63) is 65.7 Å². The zero-order valence-corrected chi connectivity index (χ0v) is 11.2. The van der Waals surface area contributed by atoms with Gasteiger partial charge in [-0.1, -0.05) is 48.5 Å². The molecule has 0 aliphatic carbocycles. The molecule has 2 atom stereocenters. The Hall–Kier alpha value is -1.80. The van der Waals surface area contributed by atoms with Crippen LogP contribution in [0.5, 0.6) is 0 Å². The minimum absolute atomic E-state index is 0.188. The monoisotopic (exact) mass is 253 g/mol. The molecule has 2 heteroatoms. The molecular weight excluding hydrogens is 234 g/mol. The van der Waals surface area contributed by atoms with Crippen LogP contribution in [-0.4, -0.2) is 6.61 Å². The SMILES string of the molecule is CCO[C@H]1CC(c2ccccc2)Nc2ccccc21. The lowest BCUT2D eigenvalue weighted by atomic mass is 9.91. The molecule has 0 aromatic heterocycles. The van der Waals surface area contributed by atoms with Crippen LogP contribution in [0.25, 0.3) is 0 Å². The van der Waals surface area contributed by atoms with Gasteiger partial charge in [0.1, 0.15) is 0 Å². The first-order valence-electron chi connectivity index (χ1n) is 6.90. The normalized spacial score (nSPS) is 21.5. The maximum Gasteiger partial charge on any atom is 0.0867 e. The second-order valence-corrected chi connectivity index (χ2v) is 4.87. The molecule has 2 nitrogen and oxygen atoms in total. The van der Waals surface area contributed by atoms with E-state index in [2.05, 4.69) is 66.8 Å². The molecule has 2 aromatic carbocycles. The first-order chi connectivity index (χ1) is 9.38. The molecule has 0 amide bonds. The van der Waals surface area contributed by atoms with Gasteiger partial charge in [-0.2, -0.15) is 0 Å². The van der Waals surface area contributed by atoms with Crippen molar-refractivity contribution in [3.8, 4) is 0 Å². The fourth-order valence-electron chi connectivity index (χ4n) is 2.76. The van der Waals surface area contributed by atoms with E-state index >= 15 is 0 Å². The van der Waals surface area contributed by atoms with Gasteiger partial charge in [-0.3, -0.25) is 0 Å². The third-order valence-electron chi connectivity index (χ3n) is 3.66. The Morgan fingerprint density at radius 3 is 2.58 bits per heavy atom.